The second kappa shape index (κ2) is 12.1. The van der Waals surface area contributed by atoms with Crippen LogP contribution in [-0.4, -0.2) is 55.5 Å². The smallest absolute Gasteiger partial charge is 0.290 e. The van der Waals surface area contributed by atoms with Crippen LogP contribution in [0.3, 0.4) is 0 Å². The van der Waals surface area contributed by atoms with Crippen molar-refractivity contribution in [1.82, 2.24) is 0 Å². The number of carbonyl (C=O) groups excluding carboxylic acids is 3. The van der Waals surface area contributed by atoms with Crippen LogP contribution in [0.2, 0.25) is 5.02 Å². The molecule has 0 spiro atoms. The molecule has 38 heavy (non-hydrogen) atoms. The third-order valence-electron chi connectivity index (χ3n) is 6.48. The molecule has 202 valence electrons. The SMILES string of the molecule is Cc1cc(NC(=O)C2=C[C@@H](C(C)C)C[C@@H](OCCOCCO)O2)ccc1N1C(=O)c2ccc(Cl)cc2C1=O. The minimum Gasteiger partial charge on any atom is -0.459 e. The van der Waals surface area contributed by atoms with Gasteiger partial charge < -0.3 is 24.6 Å². The Labute approximate surface area is 226 Å². The molecular weight excluding hydrogens is 512 g/mol. The van der Waals surface area contributed by atoms with Crippen molar-refractivity contribution >= 4 is 40.7 Å². The van der Waals surface area contributed by atoms with Crippen molar-refractivity contribution in [3.63, 3.8) is 0 Å². The lowest BCUT2D eigenvalue weighted by Gasteiger charge is -2.31. The lowest BCUT2D eigenvalue weighted by Crippen LogP contribution is -2.32. The van der Waals surface area contributed by atoms with Gasteiger partial charge in [-0.05, 0) is 66.8 Å². The zero-order valence-electron chi connectivity index (χ0n) is 21.5. The molecule has 9 nitrogen and oxygen atoms in total. The number of ether oxygens (including phenoxy) is 3. The normalized spacial score (nSPS) is 18.9. The molecule has 2 N–H and O–H groups in total. The number of aryl methyl sites for hydroxylation is 1. The van der Waals surface area contributed by atoms with Gasteiger partial charge in [-0.25, -0.2) is 4.90 Å². The summed E-state index contributed by atoms with van der Waals surface area (Å²) in [4.78, 5) is 40.1. The number of imide groups is 1. The summed E-state index contributed by atoms with van der Waals surface area (Å²) < 4.78 is 16.8. The fourth-order valence-electron chi connectivity index (χ4n) is 4.42. The van der Waals surface area contributed by atoms with Crippen molar-refractivity contribution in [3.8, 4) is 0 Å². The molecule has 2 aliphatic rings. The van der Waals surface area contributed by atoms with Gasteiger partial charge in [-0.2, -0.15) is 0 Å². The van der Waals surface area contributed by atoms with Crippen LogP contribution in [0.25, 0.3) is 0 Å². The molecule has 2 aromatic rings. The van der Waals surface area contributed by atoms with Crippen molar-refractivity contribution in [1.29, 1.82) is 0 Å². The number of nitrogens with one attached hydrogen (secondary N) is 1. The number of carbonyl (C=O) groups is 3. The van der Waals surface area contributed by atoms with Crippen LogP contribution in [0.15, 0.2) is 48.2 Å². The maximum Gasteiger partial charge on any atom is 0.290 e. The van der Waals surface area contributed by atoms with Gasteiger partial charge in [-0.1, -0.05) is 25.4 Å². The number of rotatable bonds is 10. The van der Waals surface area contributed by atoms with E-state index in [1.54, 1.807) is 37.3 Å². The van der Waals surface area contributed by atoms with Gasteiger partial charge in [0.05, 0.1) is 43.2 Å². The third kappa shape index (κ3) is 6.07. The molecule has 2 aliphatic heterocycles. The Morgan fingerprint density at radius 2 is 1.89 bits per heavy atom. The van der Waals surface area contributed by atoms with E-state index in [1.807, 2.05) is 6.08 Å². The Morgan fingerprint density at radius 3 is 2.61 bits per heavy atom. The van der Waals surface area contributed by atoms with Gasteiger partial charge >= 0.3 is 0 Å². The van der Waals surface area contributed by atoms with Crippen molar-refractivity contribution < 1.29 is 33.7 Å². The maximum atomic E-state index is 13.1. The van der Waals surface area contributed by atoms with E-state index in [0.717, 1.165) is 4.90 Å². The number of hydrogen-bond acceptors (Lipinski definition) is 7. The molecule has 0 aliphatic carbocycles. The molecule has 10 heteroatoms. The van der Waals surface area contributed by atoms with E-state index in [9.17, 15) is 14.4 Å². The molecule has 0 bridgehead atoms. The Balaban J connectivity index is 1.45. The number of halogens is 1. The highest BCUT2D eigenvalue weighted by Crippen LogP contribution is 2.34. The summed E-state index contributed by atoms with van der Waals surface area (Å²) in [6.07, 6.45) is 1.82. The minimum atomic E-state index is -0.600. The second-order valence-electron chi connectivity index (χ2n) is 9.52. The number of amides is 3. The average molecular weight is 543 g/mol. The fourth-order valence-corrected chi connectivity index (χ4v) is 4.60. The quantitative estimate of drug-likeness (QED) is 0.339. The van der Waals surface area contributed by atoms with Crippen molar-refractivity contribution in [2.24, 2.45) is 11.8 Å². The second-order valence-corrected chi connectivity index (χ2v) is 9.96. The highest BCUT2D eigenvalue weighted by atomic mass is 35.5. The first-order valence-corrected chi connectivity index (χ1v) is 12.9. The van der Waals surface area contributed by atoms with E-state index in [1.165, 1.54) is 6.07 Å². The van der Waals surface area contributed by atoms with Gasteiger partial charge in [0.1, 0.15) is 0 Å². The maximum absolute atomic E-state index is 13.1. The average Bonchev–Trinajstić information content (AvgIpc) is 3.12. The molecule has 0 saturated carbocycles. The van der Waals surface area contributed by atoms with E-state index in [0.29, 0.717) is 40.6 Å². The Hall–Kier alpha value is -3.24. The van der Waals surface area contributed by atoms with Crippen molar-refractivity contribution in [3.05, 3.63) is 69.9 Å². The molecule has 0 aromatic heterocycles. The number of aliphatic hydroxyl groups excluding tert-OH is 1. The summed E-state index contributed by atoms with van der Waals surface area (Å²) in [6.45, 7) is 6.65. The lowest BCUT2D eigenvalue weighted by molar-refractivity contribution is -0.153. The van der Waals surface area contributed by atoms with Crippen molar-refractivity contribution in [2.45, 2.75) is 33.5 Å². The molecule has 4 rings (SSSR count). The Kier molecular flexibility index (Phi) is 8.83. The Bertz CT molecular complexity index is 1260. The van der Waals surface area contributed by atoms with Gasteiger partial charge in [-0.3, -0.25) is 14.4 Å². The van der Waals surface area contributed by atoms with E-state index < -0.39 is 24.0 Å². The molecule has 2 heterocycles. The summed E-state index contributed by atoms with van der Waals surface area (Å²) in [5.74, 6) is -0.775. The van der Waals surface area contributed by atoms with Crippen molar-refractivity contribution in [2.75, 3.05) is 36.6 Å². The first-order chi connectivity index (χ1) is 18.2. The molecule has 2 atom stereocenters. The Morgan fingerprint density at radius 1 is 1.13 bits per heavy atom. The molecule has 0 unspecified atom stereocenters. The number of aliphatic hydroxyl groups is 1. The fraction of sp³-hybridized carbons (Fsp3) is 0.393. The number of benzene rings is 2. The third-order valence-corrected chi connectivity index (χ3v) is 6.71. The van der Waals surface area contributed by atoms with Gasteiger partial charge in [0.25, 0.3) is 17.7 Å². The van der Waals surface area contributed by atoms with Gasteiger partial charge in [0, 0.05) is 17.1 Å². The summed E-state index contributed by atoms with van der Waals surface area (Å²) in [5.41, 5.74) is 2.11. The number of fused-ring (bicyclic) bond motifs is 1. The monoisotopic (exact) mass is 542 g/mol. The highest BCUT2D eigenvalue weighted by molar-refractivity contribution is 6.37. The van der Waals surface area contributed by atoms with E-state index in [2.05, 4.69) is 19.2 Å². The van der Waals surface area contributed by atoms with Crippen LogP contribution in [0.5, 0.6) is 0 Å². The standard InChI is InChI=1S/C28H31ClN2O7/c1-16(2)18-13-24(38-25(14-18)37-11-10-36-9-8-32)26(33)30-20-5-7-23(17(3)12-20)31-27(34)21-6-4-19(29)15-22(21)28(31)35/h4-7,12-13,15-16,18,25,32H,8-11,14H2,1-3H3,(H,30,33)/t18-,25+/m1/s1. The first-order valence-electron chi connectivity index (χ1n) is 12.5. The predicted molar refractivity (Wildman–Crippen MR) is 142 cm³/mol. The van der Waals surface area contributed by atoms with Crippen LogP contribution in [0, 0.1) is 18.8 Å². The van der Waals surface area contributed by atoms with Crippen LogP contribution in [0.1, 0.15) is 46.5 Å². The molecule has 0 radical (unpaired) electrons. The summed E-state index contributed by atoms with van der Waals surface area (Å²) in [6, 6.07) is 9.56. The zero-order valence-corrected chi connectivity index (χ0v) is 22.3. The van der Waals surface area contributed by atoms with Gasteiger partial charge in [0.15, 0.2) is 5.76 Å². The number of nitrogens with zero attached hydrogens (tertiary/aromatic N) is 1. The number of hydrogen-bond donors (Lipinski definition) is 2. The summed E-state index contributed by atoms with van der Waals surface area (Å²) in [5, 5.41) is 12.0. The number of anilines is 2. The summed E-state index contributed by atoms with van der Waals surface area (Å²) in [7, 11) is 0. The first kappa shape index (κ1) is 27.8. The molecule has 2 aromatic carbocycles. The van der Waals surface area contributed by atoms with Crippen LogP contribution < -0.4 is 10.2 Å². The highest BCUT2D eigenvalue weighted by Gasteiger charge is 2.37. The lowest BCUT2D eigenvalue weighted by atomic mass is 9.90. The van der Waals surface area contributed by atoms with Crippen LogP contribution in [-0.2, 0) is 19.0 Å². The topological polar surface area (TPSA) is 114 Å². The minimum absolute atomic E-state index is 0.0595. The van der Waals surface area contributed by atoms with E-state index in [-0.39, 0.29) is 43.0 Å². The van der Waals surface area contributed by atoms with Gasteiger partial charge in [0.2, 0.25) is 6.29 Å². The van der Waals surface area contributed by atoms with E-state index in [4.69, 9.17) is 30.9 Å². The predicted octanol–water partition coefficient (Wildman–Crippen LogP) is 4.32. The molecular formula is C28H31ClN2O7. The van der Waals surface area contributed by atoms with Gasteiger partial charge in [-0.15, -0.1) is 0 Å². The van der Waals surface area contributed by atoms with Crippen LogP contribution in [0.4, 0.5) is 11.4 Å². The summed E-state index contributed by atoms with van der Waals surface area (Å²) >= 11 is 6.01. The largest absolute Gasteiger partial charge is 0.459 e. The molecule has 0 fully saturated rings. The van der Waals surface area contributed by atoms with Crippen LogP contribution >= 0.6 is 11.6 Å². The zero-order chi connectivity index (χ0) is 27.4. The number of allylic oxidation sites excluding steroid dienone is 1. The van der Waals surface area contributed by atoms with E-state index >= 15 is 0 Å². The molecule has 0 saturated heterocycles. The molecule has 3 amide bonds.